The lowest BCUT2D eigenvalue weighted by molar-refractivity contribution is 0.0109. The van der Waals surface area contributed by atoms with Gasteiger partial charge in [0.1, 0.15) is 74.1 Å². The van der Waals surface area contributed by atoms with E-state index in [1.54, 1.807) is 0 Å². The molecule has 0 unspecified atom stereocenters. The Morgan fingerprint density at radius 2 is 0.511 bits per heavy atom. The molecule has 0 aliphatic heterocycles. The molecule has 18 heteroatoms. The van der Waals surface area contributed by atoms with Crippen LogP contribution in [0, 0.1) is 0 Å². The molecule has 7 aromatic carbocycles. The van der Waals surface area contributed by atoms with Gasteiger partial charge in [0, 0.05) is 44.6 Å². The highest BCUT2D eigenvalue weighted by molar-refractivity contribution is 6.23. The van der Waals surface area contributed by atoms with Crippen molar-refractivity contribution in [1.29, 1.82) is 0 Å². The van der Waals surface area contributed by atoms with E-state index >= 15 is 0 Å². The molecule has 0 atom stereocenters. The topological polar surface area (TPSA) is 166 Å². The highest BCUT2D eigenvalue weighted by Gasteiger charge is 2.13. The molecule has 7 rings (SSSR count). The predicted octanol–water partition coefficient (Wildman–Crippen LogP) is 12.3. The van der Waals surface area contributed by atoms with Crippen LogP contribution in [0.2, 0.25) is 0 Å². The fraction of sp³-hybridized carbons (Fsp3) is 0.528. The summed E-state index contributed by atoms with van der Waals surface area (Å²) in [6, 6.07) is 37.5. The summed E-state index contributed by atoms with van der Waals surface area (Å²) in [6.45, 7) is 26.5. The highest BCUT2D eigenvalue weighted by Crippen LogP contribution is 2.36. The summed E-state index contributed by atoms with van der Waals surface area (Å²) in [5.41, 5.74) is 4.22. The third kappa shape index (κ3) is 28.6. The van der Waals surface area contributed by atoms with Gasteiger partial charge in [-0.15, -0.1) is 0 Å². The minimum atomic E-state index is 0.251. The first-order valence-corrected chi connectivity index (χ1v) is 32.2. The maximum Gasteiger partial charge on any atom is 0.123 e. The third-order valence-electron chi connectivity index (χ3n) is 13.8. The lowest BCUT2D eigenvalue weighted by atomic mass is 9.91. The van der Waals surface area contributed by atoms with Crippen LogP contribution in [0.3, 0.4) is 0 Å². The summed E-state index contributed by atoms with van der Waals surface area (Å²) in [5.74, 6) is 3.84. The first-order chi connectivity index (χ1) is 44.4. The van der Waals surface area contributed by atoms with Gasteiger partial charge in [0.25, 0.3) is 0 Å². The average molecular weight is 1250 g/mol. The molecule has 0 amide bonds. The van der Waals surface area contributed by atoms with Crippen molar-refractivity contribution in [2.24, 2.45) is 0 Å². The smallest absolute Gasteiger partial charge is 0.123 e. The van der Waals surface area contributed by atoms with E-state index in [-0.39, 0.29) is 13.2 Å². The van der Waals surface area contributed by atoms with Crippen LogP contribution in [0.5, 0.6) is 34.5 Å². The van der Waals surface area contributed by atoms with Crippen LogP contribution in [0.1, 0.15) is 63.8 Å². The molecule has 0 heterocycles. The Morgan fingerprint density at radius 1 is 0.233 bits per heavy atom. The normalized spacial score (nSPS) is 11.4. The zero-order valence-electron chi connectivity index (χ0n) is 54.4. The molecule has 18 nitrogen and oxygen atoms in total. The van der Waals surface area contributed by atoms with Crippen molar-refractivity contribution < 1.29 is 85.3 Å². The molecule has 496 valence electrons. The SMILES string of the molecule is CCOCCOCCOCCOc1cc(COc2cc(CC)cc(OCc3cc(OCCOCCOCCOCC)cc(OCCOCCOCCOCC)c3)c2)cc(OCCOCCOCCOCC)c1.CCc1ccc2ccc3cccc4ccc1c2c34. The number of aryl methyl sites for hydroxylation is 2. The highest BCUT2D eigenvalue weighted by atomic mass is 16.6. The van der Waals surface area contributed by atoms with Crippen molar-refractivity contribution in [2.45, 2.75) is 67.6 Å². The minimum Gasteiger partial charge on any atom is -0.491 e. The number of rotatable bonds is 52. The Morgan fingerprint density at radius 3 is 0.833 bits per heavy atom. The van der Waals surface area contributed by atoms with Crippen molar-refractivity contribution in [3.05, 3.63) is 131 Å². The fourth-order valence-electron chi connectivity index (χ4n) is 9.41. The van der Waals surface area contributed by atoms with E-state index in [1.165, 1.54) is 37.9 Å². The van der Waals surface area contributed by atoms with Crippen LogP contribution >= 0.6 is 0 Å². The molecule has 7 aromatic rings. The van der Waals surface area contributed by atoms with Crippen LogP contribution in [-0.2, 0) is 82.9 Å². The molecule has 0 fully saturated rings. The molecule has 0 N–H and O–H groups in total. The number of hydrogen-bond donors (Lipinski definition) is 0. The van der Waals surface area contributed by atoms with Crippen LogP contribution in [0.15, 0.2) is 109 Å². The van der Waals surface area contributed by atoms with Crippen molar-refractivity contribution in [3.8, 4) is 34.5 Å². The third-order valence-corrected chi connectivity index (χ3v) is 13.8. The minimum absolute atomic E-state index is 0.251. The second kappa shape index (κ2) is 46.0. The van der Waals surface area contributed by atoms with Crippen molar-refractivity contribution in [2.75, 3.05) is 185 Å². The lowest BCUT2D eigenvalue weighted by Gasteiger charge is -2.16. The Labute approximate surface area is 534 Å². The summed E-state index contributed by atoms with van der Waals surface area (Å²) in [6.07, 6.45) is 1.87. The van der Waals surface area contributed by atoms with E-state index in [0.29, 0.717) is 219 Å². The molecular formula is C72H100O18. The maximum atomic E-state index is 6.41. The van der Waals surface area contributed by atoms with E-state index in [1.807, 2.05) is 82.3 Å². The Balaban J connectivity index is 0.000000598. The number of ether oxygens (including phenoxy) is 18. The fourth-order valence-corrected chi connectivity index (χ4v) is 9.41. The van der Waals surface area contributed by atoms with E-state index in [4.69, 9.17) is 85.3 Å². The summed E-state index contributed by atoms with van der Waals surface area (Å²) < 4.78 is 103. The van der Waals surface area contributed by atoms with Gasteiger partial charge in [-0.3, -0.25) is 0 Å². The van der Waals surface area contributed by atoms with Gasteiger partial charge < -0.3 is 85.3 Å². The molecule has 0 aromatic heterocycles. The number of hydrogen-bond acceptors (Lipinski definition) is 18. The van der Waals surface area contributed by atoms with E-state index in [0.717, 1.165) is 29.5 Å². The van der Waals surface area contributed by atoms with Crippen molar-refractivity contribution in [1.82, 2.24) is 0 Å². The van der Waals surface area contributed by atoms with Crippen LogP contribution in [-0.4, -0.2) is 185 Å². The molecule has 0 radical (unpaired) electrons. The van der Waals surface area contributed by atoms with Gasteiger partial charge in [-0.25, -0.2) is 0 Å². The lowest BCUT2D eigenvalue weighted by Crippen LogP contribution is -2.13. The zero-order valence-corrected chi connectivity index (χ0v) is 54.4. The van der Waals surface area contributed by atoms with Gasteiger partial charge in [-0.05, 0) is 132 Å². The van der Waals surface area contributed by atoms with E-state index in [2.05, 4.69) is 68.4 Å². The van der Waals surface area contributed by atoms with Crippen molar-refractivity contribution >= 4 is 32.3 Å². The monoisotopic (exact) mass is 1250 g/mol. The van der Waals surface area contributed by atoms with Gasteiger partial charge >= 0.3 is 0 Å². The van der Waals surface area contributed by atoms with Gasteiger partial charge in [-0.2, -0.15) is 0 Å². The van der Waals surface area contributed by atoms with E-state index in [9.17, 15) is 0 Å². The molecule has 0 aliphatic rings. The predicted molar refractivity (Wildman–Crippen MR) is 351 cm³/mol. The summed E-state index contributed by atoms with van der Waals surface area (Å²) >= 11 is 0. The second-order valence-corrected chi connectivity index (χ2v) is 20.4. The maximum absolute atomic E-state index is 6.41. The molecule has 0 saturated heterocycles. The summed E-state index contributed by atoms with van der Waals surface area (Å²) in [7, 11) is 0. The molecule has 0 spiro atoms. The van der Waals surface area contributed by atoms with Gasteiger partial charge in [0.15, 0.2) is 0 Å². The molecule has 0 saturated carbocycles. The summed E-state index contributed by atoms with van der Waals surface area (Å²) in [4.78, 5) is 0. The molecule has 0 aliphatic carbocycles. The van der Waals surface area contributed by atoms with E-state index < -0.39 is 0 Å². The molecular weight excluding hydrogens is 1150 g/mol. The average Bonchev–Trinajstić information content (AvgIpc) is 0.844. The molecule has 0 bridgehead atoms. The van der Waals surface area contributed by atoms with Crippen LogP contribution in [0.4, 0.5) is 0 Å². The molecule has 90 heavy (non-hydrogen) atoms. The van der Waals surface area contributed by atoms with Crippen molar-refractivity contribution in [3.63, 3.8) is 0 Å². The first-order valence-electron chi connectivity index (χ1n) is 32.2. The largest absolute Gasteiger partial charge is 0.491 e. The second-order valence-electron chi connectivity index (χ2n) is 20.4. The van der Waals surface area contributed by atoms with Gasteiger partial charge in [0.05, 0.1) is 132 Å². The first kappa shape index (κ1) is 73.0. The van der Waals surface area contributed by atoms with Gasteiger partial charge in [-0.1, -0.05) is 68.4 Å². The quantitative estimate of drug-likeness (QED) is 0.0261. The van der Waals surface area contributed by atoms with Crippen LogP contribution < -0.4 is 28.4 Å². The van der Waals surface area contributed by atoms with Crippen LogP contribution in [0.25, 0.3) is 32.3 Å². The number of benzene rings is 7. The Bertz CT molecular complexity index is 2740. The Hall–Kier alpha value is -6.10. The zero-order chi connectivity index (χ0) is 63.3. The van der Waals surface area contributed by atoms with Gasteiger partial charge in [0.2, 0.25) is 0 Å². The summed E-state index contributed by atoms with van der Waals surface area (Å²) in [5, 5.41) is 8.32. The standard InChI is InChI=1S/C54H86O18.C18H14/c1-6-46-35-53(71-44-47-37-49(67-31-27-63-23-19-59-15-11-55-7-2)41-50(38-47)68-32-28-64-24-20-60-16-12-56-8-3)43-54(36-46)72-45-48-39-51(69-33-29-65-25-21-61-17-13-57-9-4)42-52(40-48)70-34-30-66-26-22-62-18-14-58-10-5;1-2-12-6-7-15-9-8-13-4-3-5-14-10-11-16(12)18(15)17(13)14/h35-43H,6-34,44-45H2,1-5H3;3-11H,2H2,1H3. The Kier molecular flexibility index (Phi) is 37.3.